The summed E-state index contributed by atoms with van der Waals surface area (Å²) in [5, 5.41) is 4.98. The number of H-pyrrole nitrogens is 1. The summed E-state index contributed by atoms with van der Waals surface area (Å²) < 4.78 is 13.6. The quantitative estimate of drug-likeness (QED) is 0.883. The predicted octanol–water partition coefficient (Wildman–Crippen LogP) is 4.15. The van der Waals surface area contributed by atoms with Crippen LogP contribution in [-0.2, 0) is 6.42 Å². The number of benzene rings is 1. The van der Waals surface area contributed by atoms with Gasteiger partial charge in [-0.1, -0.05) is 6.92 Å². The maximum absolute atomic E-state index is 13.6. The minimum atomic E-state index is -0.136. The van der Waals surface area contributed by atoms with E-state index in [9.17, 15) is 4.39 Å². The Hall–Kier alpha value is -1.39. The van der Waals surface area contributed by atoms with Gasteiger partial charge in [-0.25, -0.2) is 4.39 Å². The van der Waals surface area contributed by atoms with Crippen molar-refractivity contribution in [3.05, 3.63) is 35.3 Å². The summed E-state index contributed by atoms with van der Waals surface area (Å²) in [5.41, 5.74) is 3.71. The summed E-state index contributed by atoms with van der Waals surface area (Å²) in [7, 11) is 0. The normalized spacial score (nSPS) is 22.8. The van der Waals surface area contributed by atoms with Crippen LogP contribution in [-0.4, -0.2) is 35.6 Å². The molecule has 2 aromatic rings. The minimum Gasteiger partial charge on any atom is -0.357 e. The van der Waals surface area contributed by atoms with Gasteiger partial charge in [-0.05, 0) is 81.9 Å². The van der Waals surface area contributed by atoms with E-state index in [2.05, 4.69) is 22.1 Å². The highest BCUT2D eigenvalue weighted by Crippen LogP contribution is 2.35. The molecule has 1 aromatic heterocycles. The fourth-order valence-corrected chi connectivity index (χ4v) is 4.53. The molecule has 1 atom stereocenters. The van der Waals surface area contributed by atoms with Crippen molar-refractivity contribution in [3.63, 3.8) is 0 Å². The first-order valence-electron chi connectivity index (χ1n) is 9.53. The number of hydrogen-bond donors (Lipinski definition) is 2. The Kier molecular flexibility index (Phi) is 4.59. The van der Waals surface area contributed by atoms with Crippen molar-refractivity contribution >= 4 is 10.9 Å². The van der Waals surface area contributed by atoms with E-state index in [0.717, 1.165) is 17.3 Å². The van der Waals surface area contributed by atoms with E-state index in [-0.39, 0.29) is 5.82 Å². The number of piperidine rings is 1. The van der Waals surface area contributed by atoms with Gasteiger partial charge in [0.25, 0.3) is 0 Å². The van der Waals surface area contributed by atoms with Gasteiger partial charge in [0.15, 0.2) is 0 Å². The van der Waals surface area contributed by atoms with Crippen LogP contribution in [0.2, 0.25) is 0 Å². The maximum Gasteiger partial charge on any atom is 0.123 e. The summed E-state index contributed by atoms with van der Waals surface area (Å²) in [4.78, 5) is 6.15. The molecular formula is C20H28FN3. The number of fused-ring (bicyclic) bond motifs is 3. The summed E-state index contributed by atoms with van der Waals surface area (Å²) >= 11 is 0. The molecule has 0 radical (unpaired) electrons. The van der Waals surface area contributed by atoms with Crippen molar-refractivity contribution in [2.45, 2.75) is 57.5 Å². The zero-order chi connectivity index (χ0) is 16.5. The number of rotatable bonds is 4. The Labute approximate surface area is 143 Å². The van der Waals surface area contributed by atoms with Gasteiger partial charge in [0.05, 0.1) is 0 Å². The third-order valence-corrected chi connectivity index (χ3v) is 5.73. The van der Waals surface area contributed by atoms with E-state index in [1.165, 1.54) is 63.0 Å². The van der Waals surface area contributed by atoms with Crippen LogP contribution >= 0.6 is 0 Å². The number of nitrogens with zero attached hydrogens (tertiary/aromatic N) is 1. The average molecular weight is 329 g/mol. The van der Waals surface area contributed by atoms with Crippen molar-refractivity contribution in [2.24, 2.45) is 0 Å². The number of likely N-dealkylation sites (tertiary alicyclic amines) is 1. The number of aromatic amines is 1. The van der Waals surface area contributed by atoms with Crippen LogP contribution in [0.4, 0.5) is 4.39 Å². The number of hydrogen-bond acceptors (Lipinski definition) is 2. The molecule has 2 heterocycles. The average Bonchev–Trinajstić information content (AvgIpc) is 2.96. The molecule has 130 valence electrons. The molecule has 0 saturated carbocycles. The van der Waals surface area contributed by atoms with Crippen LogP contribution < -0.4 is 5.32 Å². The van der Waals surface area contributed by atoms with E-state index in [1.807, 2.05) is 6.07 Å². The molecule has 0 spiro atoms. The third kappa shape index (κ3) is 3.09. The van der Waals surface area contributed by atoms with Crippen molar-refractivity contribution in [1.29, 1.82) is 0 Å². The predicted molar refractivity (Wildman–Crippen MR) is 96.8 cm³/mol. The summed E-state index contributed by atoms with van der Waals surface area (Å²) in [6.45, 7) is 5.91. The van der Waals surface area contributed by atoms with Gasteiger partial charge >= 0.3 is 0 Å². The molecule has 4 heteroatoms. The Balaban J connectivity index is 1.49. The number of halogens is 1. The van der Waals surface area contributed by atoms with Crippen molar-refractivity contribution in [2.75, 3.05) is 19.6 Å². The minimum absolute atomic E-state index is 0.136. The van der Waals surface area contributed by atoms with Gasteiger partial charge in [0.2, 0.25) is 0 Å². The van der Waals surface area contributed by atoms with Crippen molar-refractivity contribution in [1.82, 2.24) is 15.2 Å². The first-order chi connectivity index (χ1) is 11.7. The zero-order valence-electron chi connectivity index (χ0n) is 14.6. The van der Waals surface area contributed by atoms with Crippen LogP contribution in [0, 0.1) is 5.82 Å². The lowest BCUT2D eigenvalue weighted by Crippen LogP contribution is -2.44. The second kappa shape index (κ2) is 6.85. The molecule has 1 unspecified atom stereocenters. The van der Waals surface area contributed by atoms with Crippen LogP contribution in [0.15, 0.2) is 18.2 Å². The number of nitrogens with one attached hydrogen (secondary N) is 2. The van der Waals surface area contributed by atoms with Crippen LogP contribution in [0.1, 0.15) is 56.3 Å². The summed E-state index contributed by atoms with van der Waals surface area (Å²) in [6.07, 6.45) is 7.14. The highest BCUT2D eigenvalue weighted by molar-refractivity contribution is 5.85. The molecule has 1 saturated heterocycles. The molecule has 2 aliphatic rings. The standard InChI is InChI=1S/C20H28FN3/c1-2-10-24-11-8-15(9-12-24)22-19-5-3-4-16-17-13-14(21)6-7-18(17)23-20(16)19/h6-7,13,15,19,22-23H,2-5,8-12H2,1H3. The summed E-state index contributed by atoms with van der Waals surface area (Å²) in [5.74, 6) is -0.136. The fourth-order valence-electron chi connectivity index (χ4n) is 4.53. The van der Waals surface area contributed by atoms with Gasteiger partial charge in [-0.15, -0.1) is 0 Å². The van der Waals surface area contributed by atoms with E-state index >= 15 is 0 Å². The van der Waals surface area contributed by atoms with E-state index < -0.39 is 0 Å². The second-order valence-electron chi connectivity index (χ2n) is 7.43. The Morgan fingerprint density at radius 1 is 1.25 bits per heavy atom. The fraction of sp³-hybridized carbons (Fsp3) is 0.600. The number of aryl methyl sites for hydroxylation is 1. The van der Waals surface area contributed by atoms with Crippen molar-refractivity contribution < 1.29 is 4.39 Å². The largest absolute Gasteiger partial charge is 0.357 e. The van der Waals surface area contributed by atoms with Crippen LogP contribution in [0.5, 0.6) is 0 Å². The molecule has 24 heavy (non-hydrogen) atoms. The van der Waals surface area contributed by atoms with E-state index in [0.29, 0.717) is 12.1 Å². The lowest BCUT2D eigenvalue weighted by molar-refractivity contribution is 0.188. The molecule has 0 amide bonds. The monoisotopic (exact) mass is 329 g/mol. The third-order valence-electron chi connectivity index (χ3n) is 5.73. The lowest BCUT2D eigenvalue weighted by Gasteiger charge is -2.35. The molecule has 1 aromatic carbocycles. The molecule has 0 bridgehead atoms. The van der Waals surface area contributed by atoms with E-state index in [1.54, 1.807) is 12.1 Å². The molecule has 1 aliphatic carbocycles. The van der Waals surface area contributed by atoms with Gasteiger partial charge in [-0.2, -0.15) is 0 Å². The molecule has 2 N–H and O–H groups in total. The Morgan fingerprint density at radius 3 is 2.88 bits per heavy atom. The highest BCUT2D eigenvalue weighted by Gasteiger charge is 2.27. The first kappa shape index (κ1) is 16.1. The zero-order valence-corrected chi connectivity index (χ0v) is 14.6. The molecular weight excluding hydrogens is 301 g/mol. The Bertz CT molecular complexity index is 700. The van der Waals surface area contributed by atoms with Crippen LogP contribution in [0.3, 0.4) is 0 Å². The smallest absolute Gasteiger partial charge is 0.123 e. The molecule has 1 fully saturated rings. The highest BCUT2D eigenvalue weighted by atomic mass is 19.1. The van der Waals surface area contributed by atoms with Gasteiger partial charge in [0.1, 0.15) is 5.82 Å². The lowest BCUT2D eigenvalue weighted by atomic mass is 9.90. The number of aromatic nitrogens is 1. The second-order valence-corrected chi connectivity index (χ2v) is 7.43. The molecule has 1 aliphatic heterocycles. The molecule has 3 nitrogen and oxygen atoms in total. The Morgan fingerprint density at radius 2 is 2.08 bits per heavy atom. The first-order valence-corrected chi connectivity index (χ1v) is 9.53. The SMILES string of the molecule is CCCN1CCC(NC2CCCc3c2[nH]c2ccc(F)cc32)CC1. The van der Waals surface area contributed by atoms with Crippen LogP contribution in [0.25, 0.3) is 10.9 Å². The van der Waals surface area contributed by atoms with E-state index in [4.69, 9.17) is 0 Å². The summed E-state index contributed by atoms with van der Waals surface area (Å²) in [6, 6.07) is 6.12. The maximum atomic E-state index is 13.6. The van der Waals surface area contributed by atoms with Gasteiger partial charge in [0, 0.05) is 28.7 Å². The van der Waals surface area contributed by atoms with Crippen molar-refractivity contribution in [3.8, 4) is 0 Å². The van der Waals surface area contributed by atoms with Gasteiger partial charge < -0.3 is 15.2 Å². The molecule has 4 rings (SSSR count). The topological polar surface area (TPSA) is 31.1 Å². The van der Waals surface area contributed by atoms with Gasteiger partial charge in [-0.3, -0.25) is 0 Å².